The van der Waals surface area contributed by atoms with Gasteiger partial charge in [-0.1, -0.05) is 0 Å². The quantitative estimate of drug-likeness (QED) is 0.864. The lowest BCUT2D eigenvalue weighted by molar-refractivity contribution is -0.125. The van der Waals surface area contributed by atoms with Crippen LogP contribution in [0.1, 0.15) is 24.8 Å². The Hall–Kier alpha value is -1.39. The van der Waals surface area contributed by atoms with Crippen LogP contribution in [0, 0.1) is 5.92 Å². The summed E-state index contributed by atoms with van der Waals surface area (Å²) in [5.74, 6) is -3.52. The maximum Gasteiger partial charge on any atom is 0.248 e. The van der Waals surface area contributed by atoms with Gasteiger partial charge in [0.15, 0.2) is 0 Å². The van der Waals surface area contributed by atoms with E-state index in [2.05, 4.69) is 5.32 Å². The first-order valence-corrected chi connectivity index (χ1v) is 5.23. The van der Waals surface area contributed by atoms with E-state index in [-0.39, 0.29) is 25.2 Å². The topological polar surface area (TPSA) is 42.2 Å². The van der Waals surface area contributed by atoms with Crippen LogP contribution in [0.25, 0.3) is 0 Å². The van der Waals surface area contributed by atoms with Gasteiger partial charge in [-0.15, -0.1) is 0 Å². The van der Waals surface area contributed by atoms with Crippen LogP contribution in [0.4, 0.5) is 8.78 Å². The van der Waals surface area contributed by atoms with E-state index in [9.17, 15) is 13.6 Å². The molecule has 0 aliphatic heterocycles. The summed E-state index contributed by atoms with van der Waals surface area (Å²) in [5, 5.41) is 2.63. The summed E-state index contributed by atoms with van der Waals surface area (Å²) in [6.07, 6.45) is 2.78. The van der Waals surface area contributed by atoms with Crippen molar-refractivity contribution in [1.29, 1.82) is 0 Å². The lowest BCUT2D eigenvalue weighted by Gasteiger charge is -2.10. The molecule has 1 aliphatic rings. The Bertz CT molecular complexity index is 362. The Morgan fingerprint density at radius 1 is 1.62 bits per heavy atom. The molecule has 1 atom stereocenters. The standard InChI is InChI=1S/C11H13F2NO2/c12-11(13)3-1-9(5-11)10(15)14-6-8-2-4-16-7-8/h2,4,7,9H,1,3,5-6H2,(H,14,15). The third-order valence-electron chi connectivity index (χ3n) is 2.82. The van der Waals surface area contributed by atoms with Crippen molar-refractivity contribution in [3.63, 3.8) is 0 Å². The number of carbonyl (C=O) groups is 1. The Morgan fingerprint density at radius 3 is 3.00 bits per heavy atom. The monoisotopic (exact) mass is 229 g/mol. The fourth-order valence-corrected chi connectivity index (χ4v) is 1.90. The number of halogens is 2. The van der Waals surface area contributed by atoms with Gasteiger partial charge >= 0.3 is 0 Å². The second-order valence-corrected chi connectivity index (χ2v) is 4.15. The van der Waals surface area contributed by atoms with Crippen molar-refractivity contribution >= 4 is 5.91 Å². The third-order valence-corrected chi connectivity index (χ3v) is 2.82. The van der Waals surface area contributed by atoms with Gasteiger partial charge in [0, 0.05) is 30.9 Å². The molecule has 3 nitrogen and oxygen atoms in total. The van der Waals surface area contributed by atoms with Gasteiger partial charge in [-0.2, -0.15) is 0 Å². The Morgan fingerprint density at radius 2 is 2.44 bits per heavy atom. The zero-order valence-corrected chi connectivity index (χ0v) is 8.71. The molecular formula is C11H13F2NO2. The van der Waals surface area contributed by atoms with Crippen LogP contribution in [0.15, 0.2) is 23.0 Å². The lowest BCUT2D eigenvalue weighted by Crippen LogP contribution is -2.29. The number of hydrogen-bond acceptors (Lipinski definition) is 2. The van der Waals surface area contributed by atoms with Crippen molar-refractivity contribution in [2.24, 2.45) is 5.92 Å². The molecule has 0 aromatic carbocycles. The van der Waals surface area contributed by atoms with Gasteiger partial charge in [-0.05, 0) is 12.5 Å². The smallest absolute Gasteiger partial charge is 0.248 e. The van der Waals surface area contributed by atoms with E-state index in [4.69, 9.17) is 4.42 Å². The SMILES string of the molecule is O=C(NCc1ccoc1)C1CCC(F)(F)C1. The van der Waals surface area contributed by atoms with Crippen LogP contribution in [-0.2, 0) is 11.3 Å². The highest BCUT2D eigenvalue weighted by atomic mass is 19.3. The normalized spacial score (nSPS) is 23.2. The maximum atomic E-state index is 12.9. The highest BCUT2D eigenvalue weighted by Crippen LogP contribution is 2.38. The van der Waals surface area contributed by atoms with E-state index in [0.29, 0.717) is 6.54 Å². The lowest BCUT2D eigenvalue weighted by atomic mass is 10.1. The summed E-state index contributed by atoms with van der Waals surface area (Å²) >= 11 is 0. The average Bonchev–Trinajstić information content (AvgIpc) is 2.83. The molecule has 1 amide bonds. The predicted molar refractivity (Wildman–Crippen MR) is 52.8 cm³/mol. The minimum atomic E-state index is -2.67. The highest BCUT2D eigenvalue weighted by molar-refractivity contribution is 5.79. The van der Waals surface area contributed by atoms with Gasteiger partial charge in [0.2, 0.25) is 11.8 Å². The van der Waals surface area contributed by atoms with Crippen molar-refractivity contribution < 1.29 is 18.0 Å². The summed E-state index contributed by atoms with van der Waals surface area (Å²) in [6.45, 7) is 0.331. The molecule has 88 valence electrons. The number of rotatable bonds is 3. The van der Waals surface area contributed by atoms with Crippen LogP contribution in [-0.4, -0.2) is 11.8 Å². The van der Waals surface area contributed by atoms with E-state index in [1.807, 2.05) is 0 Å². The van der Waals surface area contributed by atoms with E-state index < -0.39 is 11.8 Å². The molecule has 1 aliphatic carbocycles. The number of carbonyl (C=O) groups excluding carboxylic acids is 1. The first-order valence-electron chi connectivity index (χ1n) is 5.23. The highest BCUT2D eigenvalue weighted by Gasteiger charge is 2.42. The summed E-state index contributed by atoms with van der Waals surface area (Å²) in [7, 11) is 0. The van der Waals surface area contributed by atoms with Gasteiger partial charge in [0.25, 0.3) is 0 Å². The van der Waals surface area contributed by atoms with Gasteiger partial charge in [0.1, 0.15) is 0 Å². The van der Waals surface area contributed by atoms with Crippen LogP contribution < -0.4 is 5.32 Å². The molecule has 16 heavy (non-hydrogen) atoms. The largest absolute Gasteiger partial charge is 0.472 e. The fraction of sp³-hybridized carbons (Fsp3) is 0.545. The molecule has 1 heterocycles. The average molecular weight is 229 g/mol. The molecule has 1 aromatic rings. The molecule has 0 spiro atoms. The van der Waals surface area contributed by atoms with Crippen molar-refractivity contribution in [2.45, 2.75) is 31.7 Å². The summed E-state index contributed by atoms with van der Waals surface area (Å²) in [6, 6.07) is 1.73. The number of amides is 1. The number of alkyl halides is 2. The van der Waals surface area contributed by atoms with Crippen LogP contribution >= 0.6 is 0 Å². The summed E-state index contributed by atoms with van der Waals surface area (Å²) < 4.78 is 30.6. The maximum absolute atomic E-state index is 12.9. The number of hydrogen-bond donors (Lipinski definition) is 1. The van der Waals surface area contributed by atoms with Crippen molar-refractivity contribution in [3.8, 4) is 0 Å². The van der Waals surface area contributed by atoms with Crippen molar-refractivity contribution in [2.75, 3.05) is 0 Å². The Balaban J connectivity index is 1.81. The van der Waals surface area contributed by atoms with Crippen molar-refractivity contribution in [1.82, 2.24) is 5.32 Å². The van der Waals surface area contributed by atoms with Crippen molar-refractivity contribution in [3.05, 3.63) is 24.2 Å². The second kappa shape index (κ2) is 4.23. The van der Waals surface area contributed by atoms with E-state index in [0.717, 1.165) is 5.56 Å². The van der Waals surface area contributed by atoms with E-state index in [1.54, 1.807) is 6.07 Å². The number of nitrogens with one attached hydrogen (secondary N) is 1. The molecule has 1 N–H and O–H groups in total. The molecule has 0 bridgehead atoms. The minimum absolute atomic E-state index is 0.184. The summed E-state index contributed by atoms with van der Waals surface area (Å²) in [5.41, 5.74) is 0.832. The van der Waals surface area contributed by atoms with E-state index >= 15 is 0 Å². The van der Waals surface area contributed by atoms with Gasteiger partial charge < -0.3 is 9.73 Å². The van der Waals surface area contributed by atoms with E-state index in [1.165, 1.54) is 12.5 Å². The molecular weight excluding hydrogens is 216 g/mol. The Labute approximate surface area is 91.8 Å². The number of furan rings is 1. The van der Waals surface area contributed by atoms with Gasteiger partial charge in [-0.25, -0.2) is 8.78 Å². The molecule has 5 heteroatoms. The second-order valence-electron chi connectivity index (χ2n) is 4.15. The zero-order chi connectivity index (χ0) is 11.6. The van der Waals surface area contributed by atoms with Crippen LogP contribution in [0.3, 0.4) is 0 Å². The van der Waals surface area contributed by atoms with Gasteiger partial charge in [0.05, 0.1) is 12.5 Å². The first kappa shape index (κ1) is 11.1. The van der Waals surface area contributed by atoms with Crippen LogP contribution in [0.5, 0.6) is 0 Å². The molecule has 1 saturated carbocycles. The molecule has 0 radical (unpaired) electrons. The zero-order valence-electron chi connectivity index (χ0n) is 8.71. The molecule has 0 saturated heterocycles. The summed E-state index contributed by atoms with van der Waals surface area (Å²) in [4.78, 5) is 11.6. The Kier molecular flexibility index (Phi) is 2.94. The predicted octanol–water partition coefficient (Wildman–Crippen LogP) is 2.33. The first-order chi connectivity index (χ1) is 7.57. The van der Waals surface area contributed by atoms with Gasteiger partial charge in [-0.3, -0.25) is 4.79 Å². The third kappa shape index (κ3) is 2.59. The molecule has 1 fully saturated rings. The molecule has 2 rings (SSSR count). The minimum Gasteiger partial charge on any atom is -0.472 e. The molecule has 1 unspecified atom stereocenters. The van der Waals surface area contributed by atoms with Crippen LogP contribution in [0.2, 0.25) is 0 Å². The molecule has 1 aromatic heterocycles. The fourth-order valence-electron chi connectivity index (χ4n) is 1.90.